The molecule has 0 bridgehead atoms. The van der Waals surface area contributed by atoms with E-state index in [9.17, 15) is 9.90 Å². The van der Waals surface area contributed by atoms with Gasteiger partial charge < -0.3 is 14.7 Å². The van der Waals surface area contributed by atoms with Crippen LogP contribution in [0.1, 0.15) is 19.8 Å². The van der Waals surface area contributed by atoms with Crippen LogP contribution in [0.2, 0.25) is 0 Å². The Hall–Kier alpha value is -0.870. The van der Waals surface area contributed by atoms with Gasteiger partial charge in [0.2, 0.25) is 0 Å². The number of fused-ring (bicyclic) bond motifs is 2. The van der Waals surface area contributed by atoms with Crippen molar-refractivity contribution in [3.8, 4) is 0 Å². The van der Waals surface area contributed by atoms with Crippen LogP contribution >= 0.6 is 0 Å². The normalized spacial score (nSPS) is 41.9. The highest BCUT2D eigenvalue weighted by Crippen LogP contribution is 2.44. The zero-order valence-corrected chi connectivity index (χ0v) is 9.64. The number of nitrogens with zero attached hydrogens (tertiary/aromatic N) is 1. The first kappa shape index (κ1) is 10.3. The van der Waals surface area contributed by atoms with Gasteiger partial charge in [-0.1, -0.05) is 5.57 Å². The van der Waals surface area contributed by atoms with E-state index >= 15 is 0 Å². The van der Waals surface area contributed by atoms with Gasteiger partial charge in [-0.2, -0.15) is 0 Å². The minimum absolute atomic E-state index is 0.0347. The average molecular weight is 223 g/mol. The molecule has 1 saturated heterocycles. The third-order valence-electron chi connectivity index (χ3n) is 4.40. The first-order chi connectivity index (χ1) is 7.65. The number of hydrogen-bond acceptors (Lipinski definition) is 3. The molecule has 0 radical (unpaired) electrons. The summed E-state index contributed by atoms with van der Waals surface area (Å²) in [6.45, 7) is 2.76. The number of carbonyl (C=O) groups excluding carboxylic acids is 1. The number of methoxy groups -OCH3 is 1. The molecule has 2 heterocycles. The standard InChI is InChI=1S/C12H17NO3/c1-6-8-4-3-7(8)5-13-9(10(6)14)11(16-2)12(13)15/h7,9-11,14H,3-5H2,1-2H3/t7-,9-,10+,11+/m0/s1. The minimum atomic E-state index is -0.539. The second-order valence-electron chi connectivity index (χ2n) is 5.03. The van der Waals surface area contributed by atoms with Gasteiger partial charge in [0.1, 0.15) is 0 Å². The molecule has 4 nitrogen and oxygen atoms in total. The van der Waals surface area contributed by atoms with Crippen LogP contribution in [-0.2, 0) is 9.53 Å². The van der Waals surface area contributed by atoms with Crippen LogP contribution in [-0.4, -0.2) is 47.8 Å². The monoisotopic (exact) mass is 223 g/mol. The number of aliphatic hydroxyl groups excluding tert-OH is 1. The molecule has 3 rings (SSSR count). The van der Waals surface area contributed by atoms with E-state index in [4.69, 9.17) is 4.74 Å². The first-order valence-corrected chi connectivity index (χ1v) is 5.86. The molecular formula is C12H17NO3. The van der Waals surface area contributed by atoms with Gasteiger partial charge in [0.25, 0.3) is 5.91 Å². The fourth-order valence-electron chi connectivity index (χ4n) is 3.22. The number of amides is 1. The van der Waals surface area contributed by atoms with Crippen molar-refractivity contribution < 1.29 is 14.6 Å². The molecule has 1 saturated carbocycles. The summed E-state index contributed by atoms with van der Waals surface area (Å²) in [6.07, 6.45) is 1.25. The quantitative estimate of drug-likeness (QED) is 0.514. The van der Waals surface area contributed by atoms with E-state index in [0.717, 1.165) is 25.0 Å². The van der Waals surface area contributed by atoms with Crippen LogP contribution < -0.4 is 0 Å². The van der Waals surface area contributed by atoms with Gasteiger partial charge in [0, 0.05) is 13.7 Å². The molecule has 16 heavy (non-hydrogen) atoms. The molecule has 88 valence electrons. The van der Waals surface area contributed by atoms with Crippen molar-refractivity contribution >= 4 is 5.91 Å². The predicted octanol–water partition coefficient (Wildman–Crippen LogP) is 0.313. The Morgan fingerprint density at radius 1 is 1.50 bits per heavy atom. The van der Waals surface area contributed by atoms with Crippen LogP contribution in [0.15, 0.2) is 11.1 Å². The Bertz CT molecular complexity index is 376. The molecule has 0 spiro atoms. The van der Waals surface area contributed by atoms with Crippen LogP contribution in [0.4, 0.5) is 0 Å². The third kappa shape index (κ3) is 1.09. The fourth-order valence-corrected chi connectivity index (χ4v) is 3.22. The number of rotatable bonds is 1. The molecule has 0 aromatic carbocycles. The van der Waals surface area contributed by atoms with Gasteiger partial charge >= 0.3 is 0 Å². The Morgan fingerprint density at radius 3 is 2.81 bits per heavy atom. The molecule has 2 fully saturated rings. The summed E-state index contributed by atoms with van der Waals surface area (Å²) in [4.78, 5) is 13.6. The zero-order valence-electron chi connectivity index (χ0n) is 9.64. The second-order valence-corrected chi connectivity index (χ2v) is 5.03. The van der Waals surface area contributed by atoms with Crippen LogP contribution in [0.25, 0.3) is 0 Å². The Balaban J connectivity index is 1.93. The number of aliphatic hydroxyl groups is 1. The number of β-lactam (4-membered cyclic amide) rings is 1. The number of hydrogen-bond donors (Lipinski definition) is 1. The summed E-state index contributed by atoms with van der Waals surface area (Å²) in [5.41, 5.74) is 2.43. The minimum Gasteiger partial charge on any atom is -0.386 e. The van der Waals surface area contributed by atoms with E-state index in [0.29, 0.717) is 5.92 Å². The molecule has 1 amide bonds. The van der Waals surface area contributed by atoms with Crippen molar-refractivity contribution in [2.45, 2.75) is 38.0 Å². The van der Waals surface area contributed by atoms with Gasteiger partial charge in [-0.25, -0.2) is 0 Å². The topological polar surface area (TPSA) is 49.8 Å². The van der Waals surface area contributed by atoms with E-state index in [-0.39, 0.29) is 11.9 Å². The van der Waals surface area contributed by atoms with Gasteiger partial charge in [-0.05, 0) is 31.3 Å². The van der Waals surface area contributed by atoms with Crippen molar-refractivity contribution in [1.82, 2.24) is 4.90 Å². The molecule has 1 aliphatic carbocycles. The van der Waals surface area contributed by atoms with Crippen molar-refractivity contribution in [2.24, 2.45) is 5.92 Å². The van der Waals surface area contributed by atoms with Gasteiger partial charge in [0.15, 0.2) is 6.10 Å². The average Bonchev–Trinajstić information content (AvgIpc) is 2.27. The van der Waals surface area contributed by atoms with E-state index in [2.05, 4.69) is 0 Å². The lowest BCUT2D eigenvalue weighted by atomic mass is 9.76. The molecular weight excluding hydrogens is 206 g/mol. The molecule has 0 unspecified atom stereocenters. The summed E-state index contributed by atoms with van der Waals surface area (Å²) in [6, 6.07) is -0.157. The smallest absolute Gasteiger partial charge is 0.254 e. The van der Waals surface area contributed by atoms with Crippen LogP contribution in [0.5, 0.6) is 0 Å². The predicted molar refractivity (Wildman–Crippen MR) is 57.7 cm³/mol. The summed E-state index contributed by atoms with van der Waals surface area (Å²) < 4.78 is 5.16. The van der Waals surface area contributed by atoms with Crippen LogP contribution in [0, 0.1) is 5.92 Å². The summed E-state index contributed by atoms with van der Waals surface area (Å²) in [7, 11) is 1.54. The largest absolute Gasteiger partial charge is 0.386 e. The maximum Gasteiger partial charge on any atom is 0.254 e. The van der Waals surface area contributed by atoms with E-state index in [1.165, 1.54) is 12.7 Å². The summed E-state index contributed by atoms with van der Waals surface area (Å²) in [5.74, 6) is 0.522. The molecule has 1 N–H and O–H groups in total. The highest BCUT2D eigenvalue weighted by Gasteiger charge is 2.54. The van der Waals surface area contributed by atoms with Crippen LogP contribution in [0.3, 0.4) is 0 Å². The van der Waals surface area contributed by atoms with Gasteiger partial charge in [0.05, 0.1) is 12.1 Å². The summed E-state index contributed by atoms with van der Waals surface area (Å²) >= 11 is 0. The molecule has 4 atom stereocenters. The maximum atomic E-state index is 11.8. The Kier molecular flexibility index (Phi) is 2.13. The Morgan fingerprint density at radius 2 is 2.25 bits per heavy atom. The SMILES string of the molecule is CO[C@H]1C(=O)N2C[C@@H]3CCC3=C(C)[C@@H](O)[C@@H]12. The summed E-state index contributed by atoms with van der Waals surface area (Å²) in [5, 5.41) is 10.3. The van der Waals surface area contributed by atoms with Crippen molar-refractivity contribution in [3.05, 3.63) is 11.1 Å². The van der Waals surface area contributed by atoms with E-state index in [1.54, 1.807) is 4.90 Å². The van der Waals surface area contributed by atoms with E-state index < -0.39 is 12.2 Å². The third-order valence-corrected chi connectivity index (χ3v) is 4.40. The molecule has 0 aromatic rings. The molecule has 4 heteroatoms. The highest BCUT2D eigenvalue weighted by atomic mass is 16.5. The fraction of sp³-hybridized carbons (Fsp3) is 0.750. The lowest BCUT2D eigenvalue weighted by molar-refractivity contribution is -0.178. The van der Waals surface area contributed by atoms with Gasteiger partial charge in [-0.3, -0.25) is 4.79 Å². The van der Waals surface area contributed by atoms with Crippen molar-refractivity contribution in [1.29, 1.82) is 0 Å². The lowest BCUT2D eigenvalue weighted by Crippen LogP contribution is -2.69. The molecule has 2 aliphatic heterocycles. The van der Waals surface area contributed by atoms with Crippen molar-refractivity contribution in [3.63, 3.8) is 0 Å². The molecule has 0 aromatic heterocycles. The second kappa shape index (κ2) is 3.31. The number of carbonyl (C=O) groups is 1. The van der Waals surface area contributed by atoms with E-state index in [1.807, 2.05) is 6.92 Å². The maximum absolute atomic E-state index is 11.8. The zero-order chi connectivity index (χ0) is 11.4. The van der Waals surface area contributed by atoms with Gasteiger partial charge in [-0.15, -0.1) is 0 Å². The first-order valence-electron chi connectivity index (χ1n) is 5.86. The lowest BCUT2D eigenvalue weighted by Gasteiger charge is -2.48. The highest BCUT2D eigenvalue weighted by molar-refractivity contribution is 5.89. The molecule has 3 aliphatic rings. The Labute approximate surface area is 94.9 Å². The van der Waals surface area contributed by atoms with Crippen molar-refractivity contribution in [2.75, 3.05) is 13.7 Å². The number of ether oxygens (including phenoxy) is 1.